The Morgan fingerprint density at radius 2 is 2.00 bits per heavy atom. The molecule has 130 valence electrons. The normalized spacial score (nSPS) is 11.6. The van der Waals surface area contributed by atoms with E-state index in [1.807, 2.05) is 26.0 Å². The first-order chi connectivity index (χ1) is 11.6. The molecule has 0 saturated heterocycles. The molecule has 2 aromatic rings. The second-order valence-electron chi connectivity index (χ2n) is 5.53. The molecule has 2 N–H and O–H groups in total. The molecule has 0 spiro atoms. The maximum atomic E-state index is 13.6. The van der Waals surface area contributed by atoms with Crippen LogP contribution in [0.3, 0.4) is 0 Å². The second-order valence-corrected chi connectivity index (χ2v) is 6.82. The van der Waals surface area contributed by atoms with Crippen LogP contribution >= 0.6 is 11.3 Å². The van der Waals surface area contributed by atoms with Gasteiger partial charge in [0.25, 0.3) is 0 Å². The van der Waals surface area contributed by atoms with Gasteiger partial charge < -0.3 is 10.6 Å². The third-order valence-corrected chi connectivity index (χ3v) is 4.79. The van der Waals surface area contributed by atoms with Gasteiger partial charge in [0.2, 0.25) is 0 Å². The minimum absolute atomic E-state index is 0.157. The molecule has 4 nitrogen and oxygen atoms in total. The quantitative estimate of drug-likeness (QED) is 0.596. The molecule has 24 heavy (non-hydrogen) atoms. The van der Waals surface area contributed by atoms with E-state index >= 15 is 0 Å². The molecule has 0 aliphatic rings. The zero-order valence-corrected chi connectivity index (χ0v) is 15.3. The molecule has 0 radical (unpaired) electrons. The SMILES string of the molecule is CCNC(=NCCc1nc(C)c(C)s1)NCCc1ccccc1F. The Labute approximate surface area is 147 Å². The summed E-state index contributed by atoms with van der Waals surface area (Å²) in [6.45, 7) is 8.27. The molecule has 0 aliphatic carbocycles. The molecule has 1 aromatic heterocycles. The summed E-state index contributed by atoms with van der Waals surface area (Å²) in [6.07, 6.45) is 1.46. The number of thiazole rings is 1. The van der Waals surface area contributed by atoms with Gasteiger partial charge in [-0.2, -0.15) is 0 Å². The highest BCUT2D eigenvalue weighted by Gasteiger charge is 2.04. The van der Waals surface area contributed by atoms with Crippen molar-refractivity contribution in [1.82, 2.24) is 15.6 Å². The average molecular weight is 348 g/mol. The van der Waals surface area contributed by atoms with E-state index in [0.29, 0.717) is 19.5 Å². The Balaban J connectivity index is 1.83. The van der Waals surface area contributed by atoms with Crippen LogP contribution in [0.25, 0.3) is 0 Å². The summed E-state index contributed by atoms with van der Waals surface area (Å²) in [4.78, 5) is 10.4. The number of aryl methyl sites for hydroxylation is 2. The van der Waals surface area contributed by atoms with E-state index in [0.717, 1.165) is 35.2 Å². The van der Waals surface area contributed by atoms with E-state index in [1.54, 1.807) is 17.4 Å². The highest BCUT2D eigenvalue weighted by atomic mass is 32.1. The standard InChI is InChI=1S/C18H25FN4S/c1-4-20-18(21-11-9-15-7-5-6-8-16(15)19)22-12-10-17-23-13(2)14(3)24-17/h5-8H,4,9-12H2,1-3H3,(H2,20,21,22). The van der Waals surface area contributed by atoms with Crippen molar-refractivity contribution in [2.45, 2.75) is 33.6 Å². The summed E-state index contributed by atoms with van der Waals surface area (Å²) in [7, 11) is 0. The fraction of sp³-hybridized carbons (Fsp3) is 0.444. The monoisotopic (exact) mass is 348 g/mol. The van der Waals surface area contributed by atoms with Crippen molar-refractivity contribution >= 4 is 17.3 Å². The first-order valence-corrected chi connectivity index (χ1v) is 9.10. The van der Waals surface area contributed by atoms with E-state index < -0.39 is 0 Å². The summed E-state index contributed by atoms with van der Waals surface area (Å²) >= 11 is 1.73. The van der Waals surface area contributed by atoms with Gasteiger partial charge in [-0.1, -0.05) is 18.2 Å². The zero-order valence-electron chi connectivity index (χ0n) is 14.5. The molecule has 2 rings (SSSR count). The summed E-state index contributed by atoms with van der Waals surface area (Å²) in [5.74, 6) is 0.606. The maximum Gasteiger partial charge on any atom is 0.191 e. The molecule has 0 fully saturated rings. The predicted octanol–water partition coefficient (Wildman–Crippen LogP) is 3.24. The van der Waals surface area contributed by atoms with Crippen LogP contribution in [0.15, 0.2) is 29.3 Å². The summed E-state index contributed by atoms with van der Waals surface area (Å²) in [6, 6.07) is 6.87. The number of halogens is 1. The van der Waals surface area contributed by atoms with Crippen molar-refractivity contribution in [3.8, 4) is 0 Å². The van der Waals surface area contributed by atoms with Crippen LogP contribution < -0.4 is 10.6 Å². The molecule has 0 amide bonds. The number of benzene rings is 1. The average Bonchev–Trinajstić information content (AvgIpc) is 2.87. The lowest BCUT2D eigenvalue weighted by Gasteiger charge is -2.11. The first kappa shape index (κ1) is 18.4. The number of aliphatic imine (C=N–C) groups is 1. The van der Waals surface area contributed by atoms with Crippen LogP contribution in [0.1, 0.15) is 28.1 Å². The van der Waals surface area contributed by atoms with Crippen molar-refractivity contribution in [2.24, 2.45) is 4.99 Å². The van der Waals surface area contributed by atoms with Gasteiger partial charge in [0.15, 0.2) is 5.96 Å². The molecule has 1 heterocycles. The predicted molar refractivity (Wildman–Crippen MR) is 99.4 cm³/mol. The van der Waals surface area contributed by atoms with Crippen LogP contribution in [0, 0.1) is 19.7 Å². The number of guanidine groups is 1. The van der Waals surface area contributed by atoms with Crippen LogP contribution in [0.5, 0.6) is 0 Å². The fourth-order valence-electron chi connectivity index (χ4n) is 2.27. The van der Waals surface area contributed by atoms with Crippen molar-refractivity contribution in [3.05, 3.63) is 51.2 Å². The van der Waals surface area contributed by atoms with Crippen LogP contribution in [0.2, 0.25) is 0 Å². The molecule has 0 aliphatic heterocycles. The third kappa shape index (κ3) is 5.60. The van der Waals surface area contributed by atoms with E-state index in [9.17, 15) is 4.39 Å². The van der Waals surface area contributed by atoms with Crippen LogP contribution in [-0.2, 0) is 12.8 Å². The third-order valence-electron chi connectivity index (χ3n) is 3.66. The molecular weight excluding hydrogens is 323 g/mol. The fourth-order valence-corrected chi connectivity index (χ4v) is 3.19. The molecule has 0 saturated carbocycles. The van der Waals surface area contributed by atoms with Crippen molar-refractivity contribution in [3.63, 3.8) is 0 Å². The van der Waals surface area contributed by atoms with Crippen molar-refractivity contribution in [2.75, 3.05) is 19.6 Å². The Hall–Kier alpha value is -1.95. The van der Waals surface area contributed by atoms with E-state index in [4.69, 9.17) is 0 Å². The lowest BCUT2D eigenvalue weighted by molar-refractivity contribution is 0.606. The maximum absolute atomic E-state index is 13.6. The van der Waals surface area contributed by atoms with Gasteiger partial charge in [0.05, 0.1) is 10.7 Å². The molecule has 0 atom stereocenters. The van der Waals surface area contributed by atoms with Gasteiger partial charge in [-0.05, 0) is 38.8 Å². The van der Waals surface area contributed by atoms with E-state index in [1.165, 1.54) is 10.9 Å². The highest BCUT2D eigenvalue weighted by Crippen LogP contribution is 2.16. The number of aromatic nitrogens is 1. The van der Waals surface area contributed by atoms with E-state index in [-0.39, 0.29) is 5.82 Å². The molecule has 6 heteroatoms. The zero-order chi connectivity index (χ0) is 17.4. The van der Waals surface area contributed by atoms with Gasteiger partial charge in [-0.15, -0.1) is 11.3 Å². The number of rotatable bonds is 7. The smallest absolute Gasteiger partial charge is 0.191 e. The summed E-state index contributed by atoms with van der Waals surface area (Å²) in [5, 5.41) is 7.59. The second kappa shape index (κ2) is 9.37. The number of hydrogen-bond acceptors (Lipinski definition) is 3. The number of nitrogens with one attached hydrogen (secondary N) is 2. The van der Waals surface area contributed by atoms with Crippen LogP contribution in [0.4, 0.5) is 4.39 Å². The summed E-state index contributed by atoms with van der Waals surface area (Å²) < 4.78 is 13.6. The Morgan fingerprint density at radius 3 is 2.67 bits per heavy atom. The molecule has 0 unspecified atom stereocenters. The number of nitrogens with zero attached hydrogens (tertiary/aromatic N) is 2. The summed E-state index contributed by atoms with van der Waals surface area (Å²) in [5.41, 5.74) is 1.82. The Kier molecular flexibility index (Phi) is 7.18. The topological polar surface area (TPSA) is 49.3 Å². The molecular formula is C18H25FN4S. The number of hydrogen-bond donors (Lipinski definition) is 2. The Bertz CT molecular complexity index is 662. The van der Waals surface area contributed by atoms with Crippen LogP contribution in [-0.4, -0.2) is 30.6 Å². The first-order valence-electron chi connectivity index (χ1n) is 8.28. The van der Waals surface area contributed by atoms with Crippen molar-refractivity contribution in [1.29, 1.82) is 0 Å². The molecule has 0 bridgehead atoms. The largest absolute Gasteiger partial charge is 0.357 e. The molecule has 1 aromatic carbocycles. The van der Waals surface area contributed by atoms with Crippen molar-refractivity contribution < 1.29 is 4.39 Å². The van der Waals surface area contributed by atoms with Gasteiger partial charge in [0, 0.05) is 30.9 Å². The minimum Gasteiger partial charge on any atom is -0.357 e. The van der Waals surface area contributed by atoms with Gasteiger partial charge in [-0.3, -0.25) is 4.99 Å². The highest BCUT2D eigenvalue weighted by molar-refractivity contribution is 7.11. The van der Waals surface area contributed by atoms with Gasteiger partial charge >= 0.3 is 0 Å². The van der Waals surface area contributed by atoms with Gasteiger partial charge in [0.1, 0.15) is 5.82 Å². The minimum atomic E-state index is -0.157. The van der Waals surface area contributed by atoms with E-state index in [2.05, 4.69) is 27.5 Å². The Morgan fingerprint density at radius 1 is 1.21 bits per heavy atom. The lowest BCUT2D eigenvalue weighted by atomic mass is 10.1. The van der Waals surface area contributed by atoms with Gasteiger partial charge in [-0.25, -0.2) is 9.37 Å². The lowest BCUT2D eigenvalue weighted by Crippen LogP contribution is -2.38.